The Bertz CT molecular complexity index is 110. The van der Waals surface area contributed by atoms with Gasteiger partial charge in [-0.3, -0.25) is 0 Å². The predicted octanol–water partition coefficient (Wildman–Crippen LogP) is -1.46. The third-order valence-corrected chi connectivity index (χ3v) is 1.29. The van der Waals surface area contributed by atoms with Crippen molar-refractivity contribution in [2.45, 2.75) is 32.2 Å². The number of carbonyl (C=O) groups excluding carboxylic acids is 1. The van der Waals surface area contributed by atoms with Gasteiger partial charge >= 0.3 is 0 Å². The summed E-state index contributed by atoms with van der Waals surface area (Å²) in [5.41, 5.74) is 2.60. The second-order valence-electron chi connectivity index (χ2n) is 2.60. The lowest BCUT2D eigenvalue weighted by Crippen LogP contribution is -2.77. The molecule has 54 valence electrons. The van der Waals surface area contributed by atoms with Gasteiger partial charge in [0.25, 0.3) is 0 Å². The Morgan fingerprint density at radius 2 is 2.22 bits per heavy atom. The highest BCUT2D eigenvalue weighted by Gasteiger charge is 2.22. The summed E-state index contributed by atoms with van der Waals surface area (Å²) in [5, 5.41) is 10.2. The average Bonchev–Trinajstić information content (AvgIpc) is 1.65. The molecule has 0 aliphatic rings. The molecule has 3 heteroatoms. The van der Waals surface area contributed by atoms with Crippen LogP contribution in [0.25, 0.3) is 0 Å². The van der Waals surface area contributed by atoms with Crippen molar-refractivity contribution >= 4 is 5.97 Å². The number of rotatable bonds is 3. The molecule has 0 aromatic heterocycles. The van der Waals surface area contributed by atoms with E-state index in [0.29, 0.717) is 6.42 Å². The van der Waals surface area contributed by atoms with Crippen LogP contribution in [0.3, 0.4) is 0 Å². The van der Waals surface area contributed by atoms with Gasteiger partial charge in [0.2, 0.25) is 0 Å². The van der Waals surface area contributed by atoms with E-state index in [1.54, 1.807) is 6.92 Å². The molecule has 0 fully saturated rings. The third kappa shape index (κ3) is 2.46. The summed E-state index contributed by atoms with van der Waals surface area (Å²) in [7, 11) is 0. The van der Waals surface area contributed by atoms with E-state index in [9.17, 15) is 9.90 Å². The first-order valence-electron chi connectivity index (χ1n) is 3.07. The summed E-state index contributed by atoms with van der Waals surface area (Å²) in [6.45, 7) is 3.50. The van der Waals surface area contributed by atoms with E-state index in [0.717, 1.165) is 6.42 Å². The van der Waals surface area contributed by atoms with Crippen LogP contribution in [0, 0.1) is 0 Å². The molecule has 0 amide bonds. The molecule has 0 radical (unpaired) electrons. The normalized spacial score (nSPS) is 16.8. The van der Waals surface area contributed by atoms with Crippen molar-refractivity contribution in [1.29, 1.82) is 0 Å². The average molecular weight is 131 g/mol. The minimum absolute atomic E-state index is 0.579. The lowest BCUT2D eigenvalue weighted by atomic mass is 9.98. The molecule has 9 heavy (non-hydrogen) atoms. The van der Waals surface area contributed by atoms with Crippen LogP contribution in [0.4, 0.5) is 0 Å². The molecule has 3 N–H and O–H groups in total. The van der Waals surface area contributed by atoms with Crippen LogP contribution in [-0.4, -0.2) is 11.5 Å². The van der Waals surface area contributed by atoms with E-state index in [4.69, 9.17) is 0 Å². The number of hydrogen-bond acceptors (Lipinski definition) is 2. The Morgan fingerprint density at radius 1 is 1.78 bits per heavy atom. The molecule has 0 saturated carbocycles. The van der Waals surface area contributed by atoms with Crippen molar-refractivity contribution in [1.82, 2.24) is 0 Å². The van der Waals surface area contributed by atoms with Crippen molar-refractivity contribution in [2.75, 3.05) is 0 Å². The molecule has 0 unspecified atom stereocenters. The van der Waals surface area contributed by atoms with Crippen molar-refractivity contribution in [2.24, 2.45) is 0 Å². The first-order valence-corrected chi connectivity index (χ1v) is 3.07. The largest absolute Gasteiger partial charge is 0.544 e. The van der Waals surface area contributed by atoms with E-state index in [2.05, 4.69) is 5.73 Å². The first-order chi connectivity index (χ1) is 4.00. The van der Waals surface area contributed by atoms with Gasteiger partial charge in [-0.1, -0.05) is 6.92 Å². The minimum Gasteiger partial charge on any atom is -0.544 e. The van der Waals surface area contributed by atoms with Gasteiger partial charge in [-0.25, -0.2) is 0 Å². The van der Waals surface area contributed by atoms with Crippen LogP contribution in [0.15, 0.2) is 0 Å². The maximum Gasteiger partial charge on any atom is 0.132 e. The van der Waals surface area contributed by atoms with Crippen LogP contribution in [-0.2, 0) is 4.79 Å². The van der Waals surface area contributed by atoms with E-state index in [1.807, 2.05) is 6.92 Å². The van der Waals surface area contributed by atoms with Crippen LogP contribution in [0.1, 0.15) is 26.7 Å². The molecule has 0 aromatic rings. The molecule has 0 bridgehead atoms. The number of hydrogen-bond donors (Lipinski definition) is 1. The zero-order valence-corrected chi connectivity index (χ0v) is 5.94. The third-order valence-electron chi connectivity index (χ3n) is 1.29. The molecule has 0 saturated heterocycles. The standard InChI is InChI=1S/C6H13NO2/c1-3-4-6(2,7)5(8)9/h3-4,7H2,1-2H3,(H,8,9)/t6-/m1/s1. The molecule has 0 heterocycles. The Labute approximate surface area is 54.9 Å². The van der Waals surface area contributed by atoms with E-state index >= 15 is 0 Å². The van der Waals surface area contributed by atoms with Crippen molar-refractivity contribution in [3.63, 3.8) is 0 Å². The molecule has 0 aromatic carbocycles. The summed E-state index contributed by atoms with van der Waals surface area (Å²) in [6.07, 6.45) is 1.41. The Kier molecular flexibility index (Phi) is 2.65. The zero-order valence-electron chi connectivity index (χ0n) is 5.94. The topological polar surface area (TPSA) is 67.8 Å². The zero-order chi connectivity index (χ0) is 7.49. The highest BCUT2D eigenvalue weighted by molar-refractivity contribution is 5.73. The SMILES string of the molecule is CCC[C@@](C)([NH3+])C(=O)[O-]. The smallest absolute Gasteiger partial charge is 0.132 e. The second-order valence-corrected chi connectivity index (χ2v) is 2.60. The first kappa shape index (κ1) is 8.43. The molecule has 0 aliphatic heterocycles. The van der Waals surface area contributed by atoms with Crippen molar-refractivity contribution < 1.29 is 15.6 Å². The Balaban J connectivity index is 3.85. The monoisotopic (exact) mass is 131 g/mol. The fraction of sp³-hybridized carbons (Fsp3) is 0.833. The molecule has 0 spiro atoms. The van der Waals surface area contributed by atoms with E-state index in [1.165, 1.54) is 0 Å². The van der Waals surface area contributed by atoms with Crippen LogP contribution >= 0.6 is 0 Å². The highest BCUT2D eigenvalue weighted by atomic mass is 16.4. The minimum atomic E-state index is -1.07. The van der Waals surface area contributed by atoms with Crippen LogP contribution in [0.2, 0.25) is 0 Å². The van der Waals surface area contributed by atoms with Gasteiger partial charge in [0.15, 0.2) is 0 Å². The molecular formula is C6H13NO2. The lowest BCUT2D eigenvalue weighted by Gasteiger charge is -2.20. The lowest BCUT2D eigenvalue weighted by molar-refractivity contribution is -0.482. The van der Waals surface area contributed by atoms with E-state index < -0.39 is 11.5 Å². The Hall–Kier alpha value is -0.570. The number of carboxylic acids is 1. The summed E-state index contributed by atoms with van der Waals surface area (Å²) in [6, 6.07) is 0. The summed E-state index contributed by atoms with van der Waals surface area (Å²) in [4.78, 5) is 10.2. The Morgan fingerprint density at radius 3 is 2.33 bits per heavy atom. The fourth-order valence-electron chi connectivity index (χ4n) is 0.654. The number of aliphatic carboxylic acids is 1. The van der Waals surface area contributed by atoms with E-state index in [-0.39, 0.29) is 0 Å². The molecule has 0 rings (SSSR count). The number of carboxylic acid groups (broad SMARTS) is 1. The van der Waals surface area contributed by atoms with Crippen molar-refractivity contribution in [3.8, 4) is 0 Å². The second kappa shape index (κ2) is 2.82. The van der Waals surface area contributed by atoms with Gasteiger partial charge < -0.3 is 15.6 Å². The molecule has 0 aliphatic carbocycles. The quantitative estimate of drug-likeness (QED) is 0.508. The van der Waals surface area contributed by atoms with Gasteiger partial charge in [0.05, 0.1) is 0 Å². The summed E-state index contributed by atoms with van der Waals surface area (Å²) < 4.78 is 0. The number of quaternary nitrogens is 1. The van der Waals surface area contributed by atoms with Crippen LogP contribution < -0.4 is 10.8 Å². The van der Waals surface area contributed by atoms with Gasteiger partial charge in [-0.15, -0.1) is 0 Å². The maximum atomic E-state index is 10.2. The highest BCUT2D eigenvalue weighted by Crippen LogP contribution is 2.03. The fourth-order valence-corrected chi connectivity index (χ4v) is 0.654. The predicted molar refractivity (Wildman–Crippen MR) is 31.2 cm³/mol. The summed E-state index contributed by atoms with van der Waals surface area (Å²) in [5.74, 6) is -1.07. The molecular weight excluding hydrogens is 118 g/mol. The van der Waals surface area contributed by atoms with Gasteiger partial charge in [-0.05, 0) is 13.3 Å². The number of carbonyl (C=O) groups is 1. The maximum absolute atomic E-state index is 10.2. The summed E-state index contributed by atoms with van der Waals surface area (Å²) >= 11 is 0. The van der Waals surface area contributed by atoms with Gasteiger partial charge in [0, 0.05) is 6.42 Å². The molecule has 1 atom stereocenters. The van der Waals surface area contributed by atoms with Crippen molar-refractivity contribution in [3.05, 3.63) is 0 Å². The van der Waals surface area contributed by atoms with Gasteiger partial charge in [-0.2, -0.15) is 0 Å². The molecule has 3 nitrogen and oxygen atoms in total. The van der Waals surface area contributed by atoms with Gasteiger partial charge in [0.1, 0.15) is 11.5 Å². The van der Waals surface area contributed by atoms with Crippen LogP contribution in [0.5, 0.6) is 0 Å².